The summed E-state index contributed by atoms with van der Waals surface area (Å²) < 4.78 is 57.2. The summed E-state index contributed by atoms with van der Waals surface area (Å²) >= 11 is 5.54. The van der Waals surface area contributed by atoms with E-state index in [4.69, 9.17) is 16.0 Å². The number of alkyl halides is 4. The van der Waals surface area contributed by atoms with E-state index in [-0.39, 0.29) is 6.54 Å². The minimum absolute atomic E-state index is 0.0247. The molecule has 1 N–H and O–H groups in total. The number of rotatable bonds is 6. The number of hydrogen-bond acceptors (Lipinski definition) is 3. The van der Waals surface area contributed by atoms with Crippen molar-refractivity contribution in [1.29, 1.82) is 0 Å². The van der Waals surface area contributed by atoms with E-state index in [0.717, 1.165) is 0 Å². The van der Waals surface area contributed by atoms with Crippen molar-refractivity contribution in [3.8, 4) is 0 Å². The van der Waals surface area contributed by atoms with Crippen LogP contribution >= 0.6 is 11.6 Å². The maximum absolute atomic E-state index is 13.1. The van der Waals surface area contributed by atoms with Crippen LogP contribution in [-0.4, -0.2) is 15.7 Å². The lowest BCUT2D eigenvalue weighted by atomic mass is 10.3. The Kier molecular flexibility index (Phi) is 5.30. The van der Waals surface area contributed by atoms with Crippen molar-refractivity contribution in [2.24, 2.45) is 0 Å². The number of amides is 1. The van der Waals surface area contributed by atoms with Crippen molar-refractivity contribution < 1.29 is 26.8 Å². The van der Waals surface area contributed by atoms with E-state index >= 15 is 0 Å². The number of carbonyl (C=O) groups excluding carboxylic acids is 1. The molecule has 5 nitrogen and oxygen atoms in total. The Balaban J connectivity index is 2.22. The van der Waals surface area contributed by atoms with E-state index in [2.05, 4.69) is 10.4 Å². The maximum Gasteiger partial charge on any atom is 0.283 e. The zero-order chi connectivity index (χ0) is 17.1. The molecule has 0 fully saturated rings. The molecule has 0 saturated heterocycles. The maximum atomic E-state index is 13.1. The Morgan fingerprint density at radius 3 is 2.61 bits per heavy atom. The lowest BCUT2D eigenvalue weighted by Gasteiger charge is -2.15. The third kappa shape index (κ3) is 3.66. The molecule has 0 saturated carbocycles. The van der Waals surface area contributed by atoms with Crippen LogP contribution in [0, 0.1) is 0 Å². The van der Waals surface area contributed by atoms with Gasteiger partial charge in [-0.05, 0) is 19.1 Å². The first-order chi connectivity index (χ1) is 10.8. The van der Waals surface area contributed by atoms with Crippen molar-refractivity contribution >= 4 is 17.5 Å². The molecule has 10 heteroatoms. The summed E-state index contributed by atoms with van der Waals surface area (Å²) in [7, 11) is 0. The highest BCUT2D eigenvalue weighted by Crippen LogP contribution is 2.36. The Hall–Kier alpha value is -2.03. The van der Waals surface area contributed by atoms with Gasteiger partial charge < -0.3 is 9.73 Å². The van der Waals surface area contributed by atoms with E-state index in [1.165, 1.54) is 13.2 Å². The van der Waals surface area contributed by atoms with Gasteiger partial charge >= 0.3 is 0 Å². The fourth-order valence-electron chi connectivity index (χ4n) is 1.92. The van der Waals surface area contributed by atoms with Crippen LogP contribution in [0.5, 0.6) is 0 Å². The average Bonchev–Trinajstić information content (AvgIpc) is 3.10. The topological polar surface area (TPSA) is 60.1 Å². The smallest absolute Gasteiger partial charge is 0.283 e. The molecule has 0 aromatic carbocycles. The molecule has 0 spiro atoms. The predicted octanol–water partition coefficient (Wildman–Crippen LogP) is 3.88. The average molecular weight is 354 g/mol. The van der Waals surface area contributed by atoms with Gasteiger partial charge in [-0.1, -0.05) is 11.6 Å². The molecule has 2 heterocycles. The van der Waals surface area contributed by atoms with Gasteiger partial charge in [-0.25, -0.2) is 22.2 Å². The molecule has 2 aromatic rings. The standard InChI is InChI=1S/C13H12ClF4N3O2/c1-6(13(22)19-5-7-3-2-4-23-7)21-10(12(17)18)8(14)9(20-21)11(15)16/h2-4,6,11-12H,5H2,1H3,(H,19,22). The quantitative estimate of drug-likeness (QED) is 0.802. The van der Waals surface area contributed by atoms with E-state index in [9.17, 15) is 22.4 Å². The molecule has 126 valence electrons. The van der Waals surface area contributed by atoms with Crippen LogP contribution < -0.4 is 5.32 Å². The second-order valence-corrected chi connectivity index (χ2v) is 4.98. The number of hydrogen-bond donors (Lipinski definition) is 1. The summed E-state index contributed by atoms with van der Waals surface area (Å²) in [6, 6.07) is 1.97. The lowest BCUT2D eigenvalue weighted by Crippen LogP contribution is -2.32. The van der Waals surface area contributed by atoms with Crippen LogP contribution in [0.2, 0.25) is 5.02 Å². The van der Waals surface area contributed by atoms with Crippen LogP contribution in [0.1, 0.15) is 43.0 Å². The molecule has 0 bridgehead atoms. The van der Waals surface area contributed by atoms with Gasteiger partial charge in [0.15, 0.2) is 0 Å². The minimum atomic E-state index is -3.15. The molecule has 1 atom stereocenters. The summed E-state index contributed by atoms with van der Waals surface area (Å²) in [4.78, 5) is 12.0. The summed E-state index contributed by atoms with van der Waals surface area (Å²) in [5.41, 5.74) is -1.89. The van der Waals surface area contributed by atoms with Gasteiger partial charge in [-0.2, -0.15) is 5.10 Å². The summed E-state index contributed by atoms with van der Waals surface area (Å²) in [5.74, 6) is -0.241. The first-order valence-corrected chi connectivity index (χ1v) is 6.85. The third-order valence-corrected chi connectivity index (χ3v) is 3.48. The van der Waals surface area contributed by atoms with Crippen LogP contribution in [0.4, 0.5) is 17.6 Å². The van der Waals surface area contributed by atoms with Crippen LogP contribution in [0.15, 0.2) is 22.8 Å². The van der Waals surface area contributed by atoms with E-state index in [0.29, 0.717) is 10.4 Å². The van der Waals surface area contributed by atoms with Crippen molar-refractivity contribution in [2.45, 2.75) is 32.4 Å². The van der Waals surface area contributed by atoms with Gasteiger partial charge in [-0.3, -0.25) is 4.79 Å². The molecule has 1 amide bonds. The number of carbonyl (C=O) groups is 1. The zero-order valence-corrected chi connectivity index (χ0v) is 12.5. The Morgan fingerprint density at radius 2 is 2.09 bits per heavy atom. The zero-order valence-electron chi connectivity index (χ0n) is 11.8. The molecule has 23 heavy (non-hydrogen) atoms. The van der Waals surface area contributed by atoms with Crippen molar-refractivity contribution in [1.82, 2.24) is 15.1 Å². The SMILES string of the molecule is CC(C(=O)NCc1ccco1)n1nc(C(F)F)c(Cl)c1C(F)F. The number of nitrogens with zero attached hydrogens (tertiary/aromatic N) is 2. The monoisotopic (exact) mass is 353 g/mol. The molecular weight excluding hydrogens is 342 g/mol. The van der Waals surface area contributed by atoms with Gasteiger partial charge in [0.2, 0.25) is 5.91 Å². The van der Waals surface area contributed by atoms with Crippen molar-refractivity contribution in [2.75, 3.05) is 0 Å². The number of furan rings is 1. The number of nitrogens with one attached hydrogen (secondary N) is 1. The normalized spacial score (nSPS) is 12.9. The molecule has 0 aliphatic heterocycles. The van der Waals surface area contributed by atoms with Crippen molar-refractivity contribution in [3.63, 3.8) is 0 Å². The molecule has 2 rings (SSSR count). The van der Waals surface area contributed by atoms with E-state index in [1.807, 2.05) is 0 Å². The molecule has 0 aliphatic rings. The number of aromatic nitrogens is 2. The molecular formula is C13H12ClF4N3O2. The highest BCUT2D eigenvalue weighted by atomic mass is 35.5. The second kappa shape index (κ2) is 7.03. The highest BCUT2D eigenvalue weighted by Gasteiger charge is 2.31. The Bertz CT molecular complexity index is 673. The minimum Gasteiger partial charge on any atom is -0.467 e. The van der Waals surface area contributed by atoms with Crippen molar-refractivity contribution in [3.05, 3.63) is 40.6 Å². The third-order valence-electron chi connectivity index (χ3n) is 3.09. The largest absolute Gasteiger partial charge is 0.467 e. The Labute approximate surface area is 133 Å². The molecule has 2 aromatic heterocycles. The van der Waals surface area contributed by atoms with Gasteiger partial charge in [0.05, 0.1) is 17.8 Å². The second-order valence-electron chi connectivity index (χ2n) is 4.60. The summed E-state index contributed by atoms with van der Waals surface area (Å²) in [5, 5.41) is 4.97. The molecule has 0 aliphatic carbocycles. The summed E-state index contributed by atoms with van der Waals surface area (Å²) in [6.45, 7) is 1.28. The first kappa shape index (κ1) is 17.3. The fourth-order valence-corrected chi connectivity index (χ4v) is 2.21. The van der Waals surface area contributed by atoms with E-state index < -0.39 is 41.2 Å². The molecule has 1 unspecified atom stereocenters. The summed E-state index contributed by atoms with van der Waals surface area (Å²) in [6.07, 6.45) is -4.87. The van der Waals surface area contributed by atoms with Crippen LogP contribution in [0.25, 0.3) is 0 Å². The lowest BCUT2D eigenvalue weighted by molar-refractivity contribution is -0.124. The highest BCUT2D eigenvalue weighted by molar-refractivity contribution is 6.32. The van der Waals surface area contributed by atoms with E-state index in [1.54, 1.807) is 12.1 Å². The van der Waals surface area contributed by atoms with Gasteiger partial charge in [0.1, 0.15) is 23.2 Å². The Morgan fingerprint density at radius 1 is 1.39 bits per heavy atom. The first-order valence-electron chi connectivity index (χ1n) is 6.47. The van der Waals surface area contributed by atoms with Gasteiger partial charge in [-0.15, -0.1) is 0 Å². The number of halogens is 5. The fraction of sp³-hybridized carbons (Fsp3) is 0.385. The van der Waals surface area contributed by atoms with Gasteiger partial charge in [0.25, 0.3) is 12.9 Å². The van der Waals surface area contributed by atoms with Gasteiger partial charge in [0, 0.05) is 0 Å². The van der Waals surface area contributed by atoms with Crippen LogP contribution in [-0.2, 0) is 11.3 Å². The molecule has 0 radical (unpaired) electrons. The predicted molar refractivity (Wildman–Crippen MR) is 72.4 cm³/mol. The van der Waals surface area contributed by atoms with Crippen LogP contribution in [0.3, 0.4) is 0 Å².